The third kappa shape index (κ3) is 2.14. The highest BCUT2D eigenvalue weighted by molar-refractivity contribution is 14.1. The molecular formula is C12H12ClIN4. The molecule has 18 heavy (non-hydrogen) atoms. The fraction of sp³-hybridized carbons (Fsp3) is 0.417. The molecule has 3 rings (SSSR count). The van der Waals surface area contributed by atoms with E-state index in [0.717, 1.165) is 20.5 Å². The molecule has 0 aromatic carbocycles. The second-order valence-electron chi connectivity index (χ2n) is 4.61. The van der Waals surface area contributed by atoms with Crippen LogP contribution in [0.4, 0.5) is 0 Å². The van der Waals surface area contributed by atoms with E-state index in [1.165, 1.54) is 12.8 Å². The van der Waals surface area contributed by atoms with Gasteiger partial charge in [-0.2, -0.15) is 5.10 Å². The number of hydrogen-bond acceptors (Lipinski definition) is 3. The Bertz CT molecular complexity index is 619. The van der Waals surface area contributed by atoms with Crippen LogP contribution < -0.4 is 0 Å². The molecule has 2 aromatic rings. The predicted molar refractivity (Wildman–Crippen MR) is 78.7 cm³/mol. The summed E-state index contributed by atoms with van der Waals surface area (Å²) >= 11 is 8.45. The zero-order valence-electron chi connectivity index (χ0n) is 10.1. The van der Waals surface area contributed by atoms with E-state index in [0.29, 0.717) is 16.9 Å². The molecule has 0 radical (unpaired) electrons. The third-order valence-corrected chi connectivity index (χ3v) is 4.71. The lowest BCUT2D eigenvalue weighted by Crippen LogP contribution is -1.99. The quantitative estimate of drug-likeness (QED) is 0.598. The lowest BCUT2D eigenvalue weighted by molar-refractivity contribution is 0.756. The molecule has 6 heteroatoms. The fourth-order valence-electron chi connectivity index (χ4n) is 2.00. The Morgan fingerprint density at radius 1 is 1.39 bits per heavy atom. The van der Waals surface area contributed by atoms with Crippen molar-refractivity contribution in [2.45, 2.75) is 25.7 Å². The van der Waals surface area contributed by atoms with Gasteiger partial charge in [0, 0.05) is 19.2 Å². The molecule has 0 aliphatic heterocycles. The van der Waals surface area contributed by atoms with Gasteiger partial charge in [0.15, 0.2) is 5.82 Å². The standard InChI is InChI=1S/C12H12ClIN4/c1-6-8(5-18(2)17-6)12-15-10(7-3-4-7)9(14)11(13)16-12/h5,7H,3-4H2,1-2H3. The number of halogens is 2. The van der Waals surface area contributed by atoms with E-state index in [9.17, 15) is 0 Å². The summed E-state index contributed by atoms with van der Waals surface area (Å²) in [7, 11) is 1.90. The normalized spacial score (nSPS) is 15.1. The Morgan fingerprint density at radius 2 is 2.11 bits per heavy atom. The summed E-state index contributed by atoms with van der Waals surface area (Å²) in [5.41, 5.74) is 2.98. The molecule has 94 valence electrons. The second kappa shape index (κ2) is 4.45. The average molecular weight is 375 g/mol. The molecule has 0 bridgehead atoms. The van der Waals surface area contributed by atoms with Gasteiger partial charge in [-0.15, -0.1) is 0 Å². The number of hydrogen-bond donors (Lipinski definition) is 0. The van der Waals surface area contributed by atoms with Crippen molar-refractivity contribution in [3.63, 3.8) is 0 Å². The Kier molecular flexibility index (Phi) is 3.05. The first-order valence-electron chi connectivity index (χ1n) is 5.80. The number of aryl methyl sites for hydroxylation is 2. The van der Waals surface area contributed by atoms with Crippen molar-refractivity contribution in [2.75, 3.05) is 0 Å². The van der Waals surface area contributed by atoms with Gasteiger partial charge in [0.05, 0.1) is 20.5 Å². The van der Waals surface area contributed by atoms with E-state index in [1.807, 2.05) is 20.2 Å². The lowest BCUT2D eigenvalue weighted by atomic mass is 10.2. The summed E-state index contributed by atoms with van der Waals surface area (Å²) < 4.78 is 2.76. The molecule has 0 N–H and O–H groups in total. The van der Waals surface area contributed by atoms with Crippen molar-refractivity contribution in [1.82, 2.24) is 19.7 Å². The number of rotatable bonds is 2. The molecule has 1 aliphatic rings. The lowest BCUT2D eigenvalue weighted by Gasteiger charge is -2.06. The topological polar surface area (TPSA) is 43.6 Å². The molecule has 0 unspecified atom stereocenters. The molecule has 1 aliphatic carbocycles. The van der Waals surface area contributed by atoms with E-state index in [1.54, 1.807) is 4.68 Å². The van der Waals surface area contributed by atoms with Crippen LogP contribution in [0, 0.1) is 10.5 Å². The highest BCUT2D eigenvalue weighted by Crippen LogP contribution is 2.42. The van der Waals surface area contributed by atoms with Gasteiger partial charge in [-0.25, -0.2) is 9.97 Å². The largest absolute Gasteiger partial charge is 0.275 e. The van der Waals surface area contributed by atoms with Crippen LogP contribution in [-0.2, 0) is 7.05 Å². The first-order chi connectivity index (χ1) is 8.56. The Balaban J connectivity index is 2.15. The van der Waals surface area contributed by atoms with Gasteiger partial charge < -0.3 is 0 Å². The summed E-state index contributed by atoms with van der Waals surface area (Å²) in [6.45, 7) is 1.96. The SMILES string of the molecule is Cc1nn(C)cc1-c1nc(Cl)c(I)c(C2CC2)n1. The van der Waals surface area contributed by atoms with Crippen molar-refractivity contribution in [3.05, 3.63) is 26.3 Å². The van der Waals surface area contributed by atoms with Crippen LogP contribution in [0.5, 0.6) is 0 Å². The van der Waals surface area contributed by atoms with E-state index in [-0.39, 0.29) is 0 Å². The highest BCUT2D eigenvalue weighted by Gasteiger charge is 2.29. The molecule has 1 saturated carbocycles. The zero-order chi connectivity index (χ0) is 12.9. The maximum atomic E-state index is 6.21. The van der Waals surface area contributed by atoms with Crippen molar-refractivity contribution in [2.24, 2.45) is 7.05 Å². The monoisotopic (exact) mass is 374 g/mol. The smallest absolute Gasteiger partial charge is 0.164 e. The molecule has 2 heterocycles. The summed E-state index contributed by atoms with van der Waals surface area (Å²) in [4.78, 5) is 9.06. The van der Waals surface area contributed by atoms with Gasteiger partial charge in [-0.05, 0) is 42.4 Å². The van der Waals surface area contributed by atoms with Gasteiger partial charge in [0.25, 0.3) is 0 Å². The van der Waals surface area contributed by atoms with Gasteiger partial charge in [0.1, 0.15) is 5.15 Å². The zero-order valence-corrected chi connectivity index (χ0v) is 13.0. The maximum absolute atomic E-state index is 6.21. The number of nitrogens with zero attached hydrogens (tertiary/aromatic N) is 4. The van der Waals surface area contributed by atoms with E-state index in [4.69, 9.17) is 11.6 Å². The Hall–Kier alpha value is -0.690. The molecule has 0 amide bonds. The van der Waals surface area contributed by atoms with Crippen LogP contribution in [0.1, 0.15) is 30.1 Å². The van der Waals surface area contributed by atoms with Crippen LogP contribution in [0.25, 0.3) is 11.4 Å². The van der Waals surface area contributed by atoms with Crippen molar-refractivity contribution in [1.29, 1.82) is 0 Å². The predicted octanol–water partition coefficient (Wildman–Crippen LogP) is 3.32. The van der Waals surface area contributed by atoms with E-state index in [2.05, 4.69) is 37.7 Å². The minimum atomic E-state index is 0.547. The molecule has 2 aromatic heterocycles. The third-order valence-electron chi connectivity index (χ3n) is 3.05. The van der Waals surface area contributed by atoms with Crippen LogP contribution in [0.3, 0.4) is 0 Å². The Morgan fingerprint density at radius 3 is 2.67 bits per heavy atom. The molecule has 1 fully saturated rings. The molecule has 0 saturated heterocycles. The van der Waals surface area contributed by atoms with Crippen LogP contribution in [-0.4, -0.2) is 19.7 Å². The first kappa shape index (κ1) is 12.3. The first-order valence-corrected chi connectivity index (χ1v) is 7.25. The average Bonchev–Trinajstić information content (AvgIpc) is 3.08. The van der Waals surface area contributed by atoms with Gasteiger partial charge in [-0.1, -0.05) is 11.6 Å². The van der Waals surface area contributed by atoms with Gasteiger partial charge in [-0.3, -0.25) is 4.68 Å². The molecule has 4 nitrogen and oxygen atoms in total. The summed E-state index contributed by atoms with van der Waals surface area (Å²) in [6.07, 6.45) is 4.34. The summed E-state index contributed by atoms with van der Waals surface area (Å²) in [5.74, 6) is 1.25. The van der Waals surface area contributed by atoms with Crippen molar-refractivity contribution in [3.8, 4) is 11.4 Å². The van der Waals surface area contributed by atoms with Gasteiger partial charge >= 0.3 is 0 Å². The fourth-order valence-corrected chi connectivity index (χ4v) is 2.86. The van der Waals surface area contributed by atoms with Crippen LogP contribution in [0.15, 0.2) is 6.20 Å². The van der Waals surface area contributed by atoms with Crippen molar-refractivity contribution < 1.29 is 0 Å². The Labute approximate surface area is 124 Å². The minimum absolute atomic E-state index is 0.547. The highest BCUT2D eigenvalue weighted by atomic mass is 127. The molecule has 0 spiro atoms. The number of aromatic nitrogens is 4. The summed E-state index contributed by atoms with van der Waals surface area (Å²) in [6, 6.07) is 0. The minimum Gasteiger partial charge on any atom is -0.275 e. The maximum Gasteiger partial charge on any atom is 0.164 e. The van der Waals surface area contributed by atoms with E-state index < -0.39 is 0 Å². The van der Waals surface area contributed by atoms with Gasteiger partial charge in [0.2, 0.25) is 0 Å². The molecule has 0 atom stereocenters. The van der Waals surface area contributed by atoms with E-state index >= 15 is 0 Å². The second-order valence-corrected chi connectivity index (χ2v) is 6.05. The summed E-state index contributed by atoms with van der Waals surface area (Å²) in [5, 5.41) is 4.87. The van der Waals surface area contributed by atoms with Crippen molar-refractivity contribution >= 4 is 34.2 Å². The van der Waals surface area contributed by atoms with Crippen LogP contribution in [0.2, 0.25) is 5.15 Å². The molecular weight excluding hydrogens is 363 g/mol. The van der Waals surface area contributed by atoms with Crippen LogP contribution >= 0.6 is 34.2 Å².